The molecule has 2 N–H and O–H groups in total. The molecule has 0 spiro atoms. The SMILES string of the molecule is CC1CCN(CC(N)c2ccc3ccccc3c2)C1. The van der Waals surface area contributed by atoms with Crippen molar-refractivity contribution in [1.82, 2.24) is 4.90 Å². The van der Waals surface area contributed by atoms with Crippen LogP contribution in [0.1, 0.15) is 24.9 Å². The number of nitrogens with two attached hydrogens (primary N) is 1. The van der Waals surface area contributed by atoms with Crippen molar-refractivity contribution in [2.45, 2.75) is 19.4 Å². The monoisotopic (exact) mass is 254 g/mol. The topological polar surface area (TPSA) is 29.3 Å². The Labute approximate surface area is 115 Å². The summed E-state index contributed by atoms with van der Waals surface area (Å²) >= 11 is 0. The average molecular weight is 254 g/mol. The van der Waals surface area contributed by atoms with Crippen molar-refractivity contribution >= 4 is 10.8 Å². The fourth-order valence-corrected chi connectivity index (χ4v) is 3.01. The summed E-state index contributed by atoms with van der Waals surface area (Å²) in [5.41, 5.74) is 7.62. The molecule has 0 aliphatic carbocycles. The van der Waals surface area contributed by atoms with Crippen molar-refractivity contribution in [1.29, 1.82) is 0 Å². The molecule has 0 bridgehead atoms. The number of fused-ring (bicyclic) bond motifs is 1. The van der Waals surface area contributed by atoms with Gasteiger partial charge in [0.1, 0.15) is 0 Å². The molecular weight excluding hydrogens is 232 g/mol. The Kier molecular flexibility index (Phi) is 3.54. The molecule has 0 aromatic heterocycles. The van der Waals surface area contributed by atoms with Gasteiger partial charge in [-0.1, -0.05) is 43.3 Å². The molecular formula is C17H22N2. The number of nitrogens with zero attached hydrogens (tertiary/aromatic N) is 1. The van der Waals surface area contributed by atoms with E-state index in [2.05, 4.69) is 54.3 Å². The Balaban J connectivity index is 1.75. The van der Waals surface area contributed by atoms with Gasteiger partial charge in [0.15, 0.2) is 0 Å². The van der Waals surface area contributed by atoms with Crippen molar-refractivity contribution in [2.75, 3.05) is 19.6 Å². The molecule has 0 saturated carbocycles. The molecule has 19 heavy (non-hydrogen) atoms. The van der Waals surface area contributed by atoms with E-state index in [0.717, 1.165) is 12.5 Å². The van der Waals surface area contributed by atoms with E-state index in [4.69, 9.17) is 5.73 Å². The fraction of sp³-hybridized carbons (Fsp3) is 0.412. The summed E-state index contributed by atoms with van der Waals surface area (Å²) in [5.74, 6) is 0.823. The Morgan fingerprint density at radius 1 is 1.21 bits per heavy atom. The van der Waals surface area contributed by atoms with Gasteiger partial charge in [-0.3, -0.25) is 0 Å². The molecule has 0 radical (unpaired) electrons. The van der Waals surface area contributed by atoms with E-state index in [1.165, 1.54) is 35.8 Å². The van der Waals surface area contributed by atoms with Crippen molar-refractivity contribution in [3.8, 4) is 0 Å². The zero-order valence-electron chi connectivity index (χ0n) is 11.5. The average Bonchev–Trinajstić information content (AvgIpc) is 2.83. The third kappa shape index (κ3) is 2.80. The number of hydrogen-bond donors (Lipinski definition) is 1. The van der Waals surface area contributed by atoms with Crippen molar-refractivity contribution in [3.63, 3.8) is 0 Å². The first-order chi connectivity index (χ1) is 9.22. The molecule has 3 rings (SSSR count). The second-order valence-electron chi connectivity index (χ2n) is 5.87. The lowest BCUT2D eigenvalue weighted by Crippen LogP contribution is -2.30. The Bertz CT molecular complexity index is 564. The Morgan fingerprint density at radius 2 is 2.00 bits per heavy atom. The minimum atomic E-state index is 0.120. The molecule has 2 aromatic carbocycles. The molecule has 1 saturated heterocycles. The summed E-state index contributed by atoms with van der Waals surface area (Å²) in [7, 11) is 0. The van der Waals surface area contributed by atoms with Gasteiger partial charge in [0.05, 0.1) is 0 Å². The lowest BCUT2D eigenvalue weighted by atomic mass is 10.0. The smallest absolute Gasteiger partial charge is 0.0424 e. The first-order valence-electron chi connectivity index (χ1n) is 7.19. The summed E-state index contributed by atoms with van der Waals surface area (Å²) in [6.07, 6.45) is 1.31. The van der Waals surface area contributed by atoms with Crippen LogP contribution in [-0.4, -0.2) is 24.5 Å². The zero-order chi connectivity index (χ0) is 13.2. The van der Waals surface area contributed by atoms with Crippen LogP contribution in [0.3, 0.4) is 0 Å². The molecule has 2 aromatic rings. The third-order valence-corrected chi connectivity index (χ3v) is 4.16. The largest absolute Gasteiger partial charge is 0.323 e. The van der Waals surface area contributed by atoms with E-state index < -0.39 is 0 Å². The van der Waals surface area contributed by atoms with E-state index in [0.29, 0.717) is 0 Å². The molecule has 1 fully saturated rings. The number of benzene rings is 2. The van der Waals surface area contributed by atoms with E-state index >= 15 is 0 Å². The quantitative estimate of drug-likeness (QED) is 0.911. The van der Waals surface area contributed by atoms with Gasteiger partial charge >= 0.3 is 0 Å². The standard InChI is InChI=1S/C17H22N2/c1-13-8-9-19(11-13)12-17(18)16-7-6-14-4-2-3-5-15(14)10-16/h2-7,10,13,17H,8-9,11-12,18H2,1H3. The zero-order valence-corrected chi connectivity index (χ0v) is 11.5. The van der Waals surface area contributed by atoms with Gasteiger partial charge in [-0.25, -0.2) is 0 Å². The molecule has 2 unspecified atom stereocenters. The van der Waals surface area contributed by atoms with Crippen LogP contribution in [0.25, 0.3) is 10.8 Å². The highest BCUT2D eigenvalue weighted by Crippen LogP contribution is 2.22. The number of hydrogen-bond acceptors (Lipinski definition) is 2. The van der Waals surface area contributed by atoms with Gasteiger partial charge in [-0.15, -0.1) is 0 Å². The normalized spacial score (nSPS) is 21.9. The first-order valence-corrected chi connectivity index (χ1v) is 7.19. The van der Waals surface area contributed by atoms with Crippen LogP contribution in [0, 0.1) is 5.92 Å². The third-order valence-electron chi connectivity index (χ3n) is 4.16. The van der Waals surface area contributed by atoms with Crippen LogP contribution in [0.2, 0.25) is 0 Å². The van der Waals surface area contributed by atoms with Gasteiger partial charge in [0, 0.05) is 19.1 Å². The van der Waals surface area contributed by atoms with Gasteiger partial charge in [-0.05, 0) is 41.3 Å². The second-order valence-corrected chi connectivity index (χ2v) is 5.87. The highest BCUT2D eigenvalue weighted by Gasteiger charge is 2.20. The molecule has 100 valence electrons. The van der Waals surface area contributed by atoms with Crippen LogP contribution in [-0.2, 0) is 0 Å². The maximum absolute atomic E-state index is 6.37. The first kappa shape index (κ1) is 12.6. The molecule has 0 amide bonds. The molecule has 2 atom stereocenters. The summed E-state index contributed by atoms with van der Waals surface area (Å²) in [6, 6.07) is 15.2. The number of rotatable bonds is 3. The number of likely N-dealkylation sites (tertiary alicyclic amines) is 1. The van der Waals surface area contributed by atoms with E-state index in [1.54, 1.807) is 0 Å². The van der Waals surface area contributed by atoms with Gasteiger partial charge < -0.3 is 10.6 Å². The summed E-state index contributed by atoms with van der Waals surface area (Å²) in [4.78, 5) is 2.49. The fourth-order valence-electron chi connectivity index (χ4n) is 3.01. The van der Waals surface area contributed by atoms with Crippen molar-refractivity contribution < 1.29 is 0 Å². The lowest BCUT2D eigenvalue weighted by molar-refractivity contribution is 0.306. The van der Waals surface area contributed by atoms with Crippen molar-refractivity contribution in [2.24, 2.45) is 11.7 Å². The van der Waals surface area contributed by atoms with Crippen molar-refractivity contribution in [3.05, 3.63) is 48.0 Å². The van der Waals surface area contributed by atoms with Gasteiger partial charge in [0.2, 0.25) is 0 Å². The minimum absolute atomic E-state index is 0.120. The molecule has 1 heterocycles. The summed E-state index contributed by atoms with van der Waals surface area (Å²) in [5, 5.41) is 2.57. The van der Waals surface area contributed by atoms with Crippen LogP contribution < -0.4 is 5.73 Å². The minimum Gasteiger partial charge on any atom is -0.323 e. The molecule has 2 heteroatoms. The predicted molar refractivity (Wildman–Crippen MR) is 81.1 cm³/mol. The maximum Gasteiger partial charge on any atom is 0.0424 e. The van der Waals surface area contributed by atoms with E-state index in [9.17, 15) is 0 Å². The van der Waals surface area contributed by atoms with Crippen LogP contribution >= 0.6 is 0 Å². The van der Waals surface area contributed by atoms with Gasteiger partial charge in [-0.2, -0.15) is 0 Å². The molecule has 1 aliphatic rings. The Hall–Kier alpha value is -1.38. The maximum atomic E-state index is 6.37. The lowest BCUT2D eigenvalue weighted by Gasteiger charge is -2.21. The molecule has 2 nitrogen and oxygen atoms in total. The van der Waals surface area contributed by atoms with Crippen LogP contribution in [0.15, 0.2) is 42.5 Å². The van der Waals surface area contributed by atoms with E-state index in [-0.39, 0.29) is 6.04 Å². The summed E-state index contributed by atoms with van der Waals surface area (Å²) < 4.78 is 0. The van der Waals surface area contributed by atoms with E-state index in [1.807, 2.05) is 0 Å². The van der Waals surface area contributed by atoms with Gasteiger partial charge in [0.25, 0.3) is 0 Å². The highest BCUT2D eigenvalue weighted by atomic mass is 15.2. The second kappa shape index (κ2) is 5.32. The Morgan fingerprint density at radius 3 is 2.74 bits per heavy atom. The predicted octanol–water partition coefficient (Wildman–Crippen LogP) is 3.18. The summed E-state index contributed by atoms with van der Waals surface area (Å²) in [6.45, 7) is 5.69. The molecule has 1 aliphatic heterocycles. The van der Waals surface area contributed by atoms with Crippen LogP contribution in [0.5, 0.6) is 0 Å². The highest BCUT2D eigenvalue weighted by molar-refractivity contribution is 5.83. The van der Waals surface area contributed by atoms with Crippen LogP contribution in [0.4, 0.5) is 0 Å².